The maximum absolute atomic E-state index is 2.62. The standard InChI is InChI=1S/C80H65N/c1-78(2)68-48-66-70(79(3,4)72-45-56(59-37-21-23-40-62(59)76(66)72)44-55(51-27-11-7-12-28-51)43-54-33-19-20-36-58(54)52-29-13-8-14-30-52)46-64(68)65-47-71-67(49-69(65)78)77-63-41-24-22-39-61(63)75(50-73(77)80(71,5)6)81(57-34-17-10-18-35-57)74-42-26-25-38-60(74)53-31-15-9-16-32-53/h7-42,45-50,55H,43-44H2,1-6H3. The highest BCUT2D eigenvalue weighted by Crippen LogP contribution is 2.62. The highest BCUT2D eigenvalue weighted by atomic mass is 15.1. The van der Waals surface area contributed by atoms with Gasteiger partial charge in [0.15, 0.2) is 0 Å². The van der Waals surface area contributed by atoms with E-state index in [-0.39, 0.29) is 22.2 Å². The minimum absolute atomic E-state index is 0.223. The van der Waals surface area contributed by atoms with Gasteiger partial charge in [0.25, 0.3) is 0 Å². The van der Waals surface area contributed by atoms with Gasteiger partial charge in [-0.3, -0.25) is 0 Å². The smallest absolute Gasteiger partial charge is 0.0543 e. The molecule has 1 nitrogen and oxygen atoms in total. The normalized spacial score (nSPS) is 14.9. The molecule has 0 aromatic heterocycles. The molecule has 0 spiro atoms. The largest absolute Gasteiger partial charge is 0.309 e. The van der Waals surface area contributed by atoms with E-state index in [1.165, 1.54) is 133 Å². The molecule has 0 saturated carbocycles. The Hall–Kier alpha value is -9.04. The van der Waals surface area contributed by atoms with Crippen LogP contribution in [0.1, 0.15) is 97.5 Å². The van der Waals surface area contributed by atoms with Crippen molar-refractivity contribution >= 4 is 38.6 Å². The van der Waals surface area contributed by atoms with Gasteiger partial charge in [-0.2, -0.15) is 0 Å². The van der Waals surface area contributed by atoms with Gasteiger partial charge in [0, 0.05) is 32.9 Å². The molecule has 0 amide bonds. The van der Waals surface area contributed by atoms with E-state index >= 15 is 0 Å². The van der Waals surface area contributed by atoms with Crippen molar-refractivity contribution in [1.29, 1.82) is 0 Å². The molecule has 1 unspecified atom stereocenters. The van der Waals surface area contributed by atoms with Crippen molar-refractivity contribution in [3.8, 4) is 55.6 Å². The van der Waals surface area contributed by atoms with E-state index in [9.17, 15) is 0 Å². The molecule has 1 heteroatoms. The zero-order valence-corrected chi connectivity index (χ0v) is 47.2. The second kappa shape index (κ2) is 18.5. The first kappa shape index (κ1) is 49.0. The molecule has 12 aromatic rings. The topological polar surface area (TPSA) is 3.24 Å². The Morgan fingerprint density at radius 1 is 0.296 bits per heavy atom. The predicted molar refractivity (Wildman–Crippen MR) is 343 cm³/mol. The summed E-state index contributed by atoms with van der Waals surface area (Å²) in [6.07, 6.45) is 1.89. The average molecular weight is 1040 g/mol. The van der Waals surface area contributed by atoms with Crippen LogP contribution in [-0.4, -0.2) is 0 Å². The van der Waals surface area contributed by atoms with Crippen LogP contribution in [0, 0.1) is 0 Å². The molecule has 0 aliphatic heterocycles. The molecule has 0 fully saturated rings. The highest BCUT2D eigenvalue weighted by Gasteiger charge is 2.46. The third kappa shape index (κ3) is 7.58. The minimum atomic E-state index is -0.282. The van der Waals surface area contributed by atoms with Gasteiger partial charge in [0.2, 0.25) is 0 Å². The van der Waals surface area contributed by atoms with Crippen LogP contribution in [0.2, 0.25) is 0 Å². The Morgan fingerprint density at radius 2 is 0.704 bits per heavy atom. The van der Waals surface area contributed by atoms with Crippen LogP contribution in [-0.2, 0) is 29.1 Å². The van der Waals surface area contributed by atoms with Crippen LogP contribution in [0.25, 0.3) is 77.2 Å². The Bertz CT molecular complexity index is 4470. The maximum Gasteiger partial charge on any atom is 0.0543 e. The molecular formula is C80H65N. The number of fused-ring (bicyclic) bond motifs is 13. The fourth-order valence-corrected chi connectivity index (χ4v) is 15.0. The van der Waals surface area contributed by atoms with Gasteiger partial charge >= 0.3 is 0 Å². The second-order valence-corrected chi connectivity index (χ2v) is 24.7. The quantitative estimate of drug-likeness (QED) is 0.132. The van der Waals surface area contributed by atoms with E-state index < -0.39 is 0 Å². The summed E-state index contributed by atoms with van der Waals surface area (Å²) in [7, 11) is 0. The van der Waals surface area contributed by atoms with Crippen LogP contribution in [0.3, 0.4) is 0 Å². The molecule has 0 N–H and O–H groups in total. The van der Waals surface area contributed by atoms with Gasteiger partial charge in [-0.15, -0.1) is 0 Å². The predicted octanol–water partition coefficient (Wildman–Crippen LogP) is 21.3. The lowest BCUT2D eigenvalue weighted by Crippen LogP contribution is -2.18. The Labute approximate surface area is 477 Å². The Balaban J connectivity index is 0.851. The van der Waals surface area contributed by atoms with Gasteiger partial charge in [-0.25, -0.2) is 0 Å². The van der Waals surface area contributed by atoms with Gasteiger partial charge in [0.1, 0.15) is 0 Å². The summed E-state index contributed by atoms with van der Waals surface area (Å²) in [6.45, 7) is 14.8. The lowest BCUT2D eigenvalue weighted by molar-refractivity contribution is 0.647. The number of hydrogen-bond acceptors (Lipinski definition) is 1. The molecule has 0 radical (unpaired) electrons. The summed E-state index contributed by atoms with van der Waals surface area (Å²) in [5, 5.41) is 5.25. The van der Waals surface area contributed by atoms with Crippen molar-refractivity contribution in [2.75, 3.05) is 4.90 Å². The molecule has 15 rings (SSSR count). The number of hydrogen-bond donors (Lipinski definition) is 0. The lowest BCUT2D eigenvalue weighted by atomic mass is 9.78. The van der Waals surface area contributed by atoms with E-state index in [1.54, 1.807) is 0 Å². The van der Waals surface area contributed by atoms with Gasteiger partial charge in [-0.1, -0.05) is 248 Å². The first-order valence-electron chi connectivity index (χ1n) is 29.1. The molecule has 12 aromatic carbocycles. The maximum atomic E-state index is 2.62. The van der Waals surface area contributed by atoms with Crippen LogP contribution in [0.15, 0.2) is 255 Å². The van der Waals surface area contributed by atoms with Gasteiger partial charge in [0.05, 0.1) is 11.4 Å². The SMILES string of the molecule is CC1(C)c2cc3c(cc2-c2cc4c(cc21)-c1c(cc(N(c2ccccc2)c2ccccc2-c2ccccc2)c2ccccc12)C4(C)C)C(C)(C)c1cc(CC(Cc2ccccc2-c2ccccc2)c2ccccc2)c2ccccc2c1-3. The monoisotopic (exact) mass is 1040 g/mol. The summed E-state index contributed by atoms with van der Waals surface area (Å²) >= 11 is 0. The van der Waals surface area contributed by atoms with Crippen molar-refractivity contribution in [3.05, 3.63) is 305 Å². The Kier molecular flexibility index (Phi) is 11.2. The van der Waals surface area contributed by atoms with Gasteiger partial charge < -0.3 is 4.90 Å². The van der Waals surface area contributed by atoms with Crippen LogP contribution in [0.4, 0.5) is 17.1 Å². The molecule has 0 saturated heterocycles. The number of para-hydroxylation sites is 2. The van der Waals surface area contributed by atoms with Crippen LogP contribution in [0.5, 0.6) is 0 Å². The second-order valence-electron chi connectivity index (χ2n) is 24.7. The zero-order chi connectivity index (χ0) is 54.8. The van der Waals surface area contributed by atoms with Crippen LogP contribution < -0.4 is 4.90 Å². The molecule has 81 heavy (non-hydrogen) atoms. The van der Waals surface area contributed by atoms with E-state index in [1.807, 2.05) is 0 Å². The lowest BCUT2D eigenvalue weighted by Gasteiger charge is -2.31. The number of anilines is 3. The zero-order valence-electron chi connectivity index (χ0n) is 47.2. The van der Waals surface area contributed by atoms with E-state index in [0.29, 0.717) is 0 Å². The van der Waals surface area contributed by atoms with E-state index in [4.69, 9.17) is 0 Å². The number of rotatable bonds is 10. The Morgan fingerprint density at radius 3 is 1.31 bits per heavy atom. The number of benzene rings is 12. The fraction of sp³-hybridized carbons (Fsp3) is 0.150. The molecular weight excluding hydrogens is 975 g/mol. The molecule has 3 aliphatic rings. The van der Waals surface area contributed by atoms with Crippen molar-refractivity contribution in [2.45, 2.75) is 76.5 Å². The first-order valence-corrected chi connectivity index (χ1v) is 29.1. The molecule has 0 heterocycles. The third-order valence-electron chi connectivity index (χ3n) is 19.1. The summed E-state index contributed by atoms with van der Waals surface area (Å²) < 4.78 is 0. The minimum Gasteiger partial charge on any atom is -0.309 e. The van der Waals surface area contributed by atoms with Gasteiger partial charge in [-0.05, 0) is 184 Å². The average Bonchev–Trinajstić information content (AvgIpc) is 2.52. The fourth-order valence-electron chi connectivity index (χ4n) is 15.0. The molecule has 1 atom stereocenters. The number of nitrogens with zero attached hydrogens (tertiary/aromatic N) is 1. The van der Waals surface area contributed by atoms with Crippen molar-refractivity contribution in [2.24, 2.45) is 0 Å². The molecule has 390 valence electrons. The van der Waals surface area contributed by atoms with E-state index in [0.717, 1.165) is 24.2 Å². The summed E-state index contributed by atoms with van der Waals surface area (Å²) in [5.41, 5.74) is 28.7. The van der Waals surface area contributed by atoms with E-state index in [2.05, 4.69) is 301 Å². The van der Waals surface area contributed by atoms with Crippen molar-refractivity contribution < 1.29 is 0 Å². The summed E-state index contributed by atoms with van der Waals surface area (Å²) in [6, 6.07) is 96.0. The van der Waals surface area contributed by atoms with Crippen molar-refractivity contribution in [1.82, 2.24) is 0 Å². The summed E-state index contributed by atoms with van der Waals surface area (Å²) in [4.78, 5) is 2.50. The molecule has 3 aliphatic carbocycles. The van der Waals surface area contributed by atoms with Crippen LogP contribution >= 0.6 is 0 Å². The molecule has 0 bridgehead atoms. The van der Waals surface area contributed by atoms with Crippen molar-refractivity contribution in [3.63, 3.8) is 0 Å². The third-order valence-corrected chi connectivity index (χ3v) is 19.1. The summed E-state index contributed by atoms with van der Waals surface area (Å²) in [5.74, 6) is 0.284. The highest BCUT2D eigenvalue weighted by molar-refractivity contribution is 6.12. The first-order chi connectivity index (χ1) is 39.5.